The van der Waals surface area contributed by atoms with E-state index in [1.165, 1.54) is 6.08 Å². The van der Waals surface area contributed by atoms with Gasteiger partial charge in [-0.15, -0.1) is 5.06 Å². The molecule has 0 N–H and O–H groups in total. The molecule has 0 radical (unpaired) electrons. The van der Waals surface area contributed by atoms with Crippen LogP contribution in [0.1, 0.15) is 30.9 Å². The Labute approximate surface area is 192 Å². The zero-order chi connectivity index (χ0) is 22.4. The van der Waals surface area contributed by atoms with E-state index in [1.54, 1.807) is 18.2 Å². The molecule has 0 bridgehead atoms. The van der Waals surface area contributed by atoms with E-state index >= 15 is 0 Å². The van der Waals surface area contributed by atoms with Gasteiger partial charge in [-0.3, -0.25) is 9.59 Å². The van der Waals surface area contributed by atoms with Crippen LogP contribution in [0.4, 0.5) is 0 Å². The van der Waals surface area contributed by atoms with Crippen molar-refractivity contribution >= 4 is 51.4 Å². The molecule has 162 valence electrons. The summed E-state index contributed by atoms with van der Waals surface area (Å²) < 4.78 is 12.2. The number of ether oxygens (including phenoxy) is 2. The van der Waals surface area contributed by atoms with E-state index in [1.807, 2.05) is 25.1 Å². The molecule has 2 aromatic carbocycles. The third-order valence-corrected chi connectivity index (χ3v) is 5.22. The summed E-state index contributed by atoms with van der Waals surface area (Å²) in [6.07, 6.45) is 2.69. The Balaban J connectivity index is 1.73. The number of hydrogen-bond donors (Lipinski definition) is 0. The lowest BCUT2D eigenvalue weighted by atomic mass is 10.2. The average Bonchev–Trinajstić information content (AvgIpc) is 3.05. The maximum atomic E-state index is 12.0. The van der Waals surface area contributed by atoms with Gasteiger partial charge in [-0.25, -0.2) is 4.79 Å². The quantitative estimate of drug-likeness (QED) is 0.380. The summed E-state index contributed by atoms with van der Waals surface area (Å²) >= 11 is 9.65. The summed E-state index contributed by atoms with van der Waals surface area (Å²) in [6.45, 7) is 2.50. The summed E-state index contributed by atoms with van der Waals surface area (Å²) in [5.74, 6) is -0.936. The van der Waals surface area contributed by atoms with E-state index in [4.69, 9.17) is 25.9 Å². The normalized spacial score (nSPS) is 13.7. The first-order valence-electron chi connectivity index (χ1n) is 9.47. The summed E-state index contributed by atoms with van der Waals surface area (Å²) in [7, 11) is 0. The summed E-state index contributed by atoms with van der Waals surface area (Å²) in [5, 5.41) is 1.10. The van der Waals surface area contributed by atoms with Gasteiger partial charge in [-0.2, -0.15) is 0 Å². The SMILES string of the molecule is CCOc1cc(/C=C/C(=O)ON2C(=O)CCC2=O)cc(Br)c1OCc1ccccc1Cl. The lowest BCUT2D eigenvalue weighted by Crippen LogP contribution is -2.31. The highest BCUT2D eigenvalue weighted by molar-refractivity contribution is 9.10. The largest absolute Gasteiger partial charge is 0.490 e. The predicted molar refractivity (Wildman–Crippen MR) is 117 cm³/mol. The number of nitrogens with zero attached hydrogens (tertiary/aromatic N) is 1. The molecule has 0 aromatic heterocycles. The molecule has 0 spiro atoms. The Hall–Kier alpha value is -2.84. The average molecular weight is 509 g/mol. The highest BCUT2D eigenvalue weighted by Crippen LogP contribution is 2.38. The number of imide groups is 1. The van der Waals surface area contributed by atoms with Crippen molar-refractivity contribution in [1.82, 2.24) is 5.06 Å². The van der Waals surface area contributed by atoms with Crippen molar-refractivity contribution in [2.45, 2.75) is 26.4 Å². The van der Waals surface area contributed by atoms with E-state index in [2.05, 4.69) is 15.9 Å². The lowest BCUT2D eigenvalue weighted by molar-refractivity contribution is -0.193. The molecule has 3 rings (SSSR count). The topological polar surface area (TPSA) is 82.1 Å². The van der Waals surface area contributed by atoms with Gasteiger partial charge >= 0.3 is 5.97 Å². The summed E-state index contributed by atoms with van der Waals surface area (Å²) in [5.41, 5.74) is 1.45. The number of hydroxylamine groups is 2. The first kappa shape index (κ1) is 22.8. The van der Waals surface area contributed by atoms with Gasteiger partial charge in [-0.05, 0) is 52.7 Å². The molecule has 0 saturated carbocycles. The van der Waals surface area contributed by atoms with Crippen LogP contribution in [0.25, 0.3) is 6.08 Å². The van der Waals surface area contributed by atoms with Gasteiger partial charge in [-0.1, -0.05) is 29.8 Å². The van der Waals surface area contributed by atoms with Gasteiger partial charge in [0.25, 0.3) is 11.8 Å². The molecule has 0 unspecified atom stereocenters. The Morgan fingerprint density at radius 1 is 1.16 bits per heavy atom. The van der Waals surface area contributed by atoms with Gasteiger partial charge in [0.15, 0.2) is 11.5 Å². The minimum Gasteiger partial charge on any atom is -0.490 e. The van der Waals surface area contributed by atoms with Crippen LogP contribution in [0.2, 0.25) is 5.02 Å². The van der Waals surface area contributed by atoms with Crippen molar-refractivity contribution < 1.29 is 28.7 Å². The molecule has 31 heavy (non-hydrogen) atoms. The van der Waals surface area contributed by atoms with Crippen LogP contribution in [0, 0.1) is 0 Å². The fourth-order valence-electron chi connectivity index (χ4n) is 2.80. The number of amides is 2. The smallest absolute Gasteiger partial charge is 0.356 e. The minimum atomic E-state index is -0.836. The Bertz CT molecular complexity index is 1020. The fourth-order valence-corrected chi connectivity index (χ4v) is 3.56. The highest BCUT2D eigenvalue weighted by Gasteiger charge is 2.32. The number of benzene rings is 2. The number of halogens is 2. The molecule has 1 aliphatic heterocycles. The second kappa shape index (κ2) is 10.5. The first-order chi connectivity index (χ1) is 14.9. The maximum Gasteiger partial charge on any atom is 0.356 e. The zero-order valence-electron chi connectivity index (χ0n) is 16.6. The molecule has 1 fully saturated rings. The lowest BCUT2D eigenvalue weighted by Gasteiger charge is -2.15. The van der Waals surface area contributed by atoms with Crippen molar-refractivity contribution in [2.24, 2.45) is 0 Å². The molecular formula is C22H19BrClNO6. The van der Waals surface area contributed by atoms with Crippen molar-refractivity contribution in [3.05, 3.63) is 63.1 Å². The van der Waals surface area contributed by atoms with Crippen LogP contribution in [0.3, 0.4) is 0 Å². The predicted octanol–water partition coefficient (Wildman–Crippen LogP) is 4.70. The molecule has 1 heterocycles. The van der Waals surface area contributed by atoms with Crippen molar-refractivity contribution in [3.8, 4) is 11.5 Å². The molecule has 1 saturated heterocycles. The van der Waals surface area contributed by atoms with Crippen LogP contribution in [0.5, 0.6) is 11.5 Å². The van der Waals surface area contributed by atoms with E-state index in [0.717, 1.165) is 11.6 Å². The molecule has 2 amide bonds. The van der Waals surface area contributed by atoms with Crippen LogP contribution in [-0.2, 0) is 25.8 Å². The third kappa shape index (κ3) is 5.86. The minimum absolute atomic E-state index is 0.0378. The van der Waals surface area contributed by atoms with E-state index in [0.29, 0.717) is 38.2 Å². The Morgan fingerprint density at radius 2 is 1.87 bits per heavy atom. The van der Waals surface area contributed by atoms with Gasteiger partial charge in [0.1, 0.15) is 6.61 Å². The number of carbonyl (C=O) groups excluding carboxylic acids is 3. The second-order valence-corrected chi connectivity index (χ2v) is 7.73. The number of rotatable bonds is 8. The van der Waals surface area contributed by atoms with E-state index < -0.39 is 17.8 Å². The number of hydrogen-bond acceptors (Lipinski definition) is 6. The van der Waals surface area contributed by atoms with Crippen LogP contribution < -0.4 is 9.47 Å². The molecule has 2 aromatic rings. The zero-order valence-corrected chi connectivity index (χ0v) is 18.9. The van der Waals surface area contributed by atoms with Gasteiger partial charge < -0.3 is 14.3 Å². The highest BCUT2D eigenvalue weighted by atomic mass is 79.9. The van der Waals surface area contributed by atoms with Crippen LogP contribution in [0.15, 0.2) is 46.9 Å². The van der Waals surface area contributed by atoms with E-state index in [-0.39, 0.29) is 19.4 Å². The Kier molecular flexibility index (Phi) is 7.70. The summed E-state index contributed by atoms with van der Waals surface area (Å²) in [6, 6.07) is 10.8. The molecule has 0 atom stereocenters. The second-order valence-electron chi connectivity index (χ2n) is 6.47. The molecule has 0 aliphatic carbocycles. The molecule has 1 aliphatic rings. The van der Waals surface area contributed by atoms with Gasteiger partial charge in [0.2, 0.25) is 0 Å². The molecular weight excluding hydrogens is 490 g/mol. The van der Waals surface area contributed by atoms with E-state index in [9.17, 15) is 14.4 Å². The number of carbonyl (C=O) groups is 3. The van der Waals surface area contributed by atoms with Crippen molar-refractivity contribution in [1.29, 1.82) is 0 Å². The third-order valence-electron chi connectivity index (χ3n) is 4.26. The summed E-state index contributed by atoms with van der Waals surface area (Å²) in [4.78, 5) is 39.9. The van der Waals surface area contributed by atoms with Gasteiger partial charge in [0, 0.05) is 29.5 Å². The first-order valence-corrected chi connectivity index (χ1v) is 10.6. The maximum absolute atomic E-state index is 12.0. The Morgan fingerprint density at radius 3 is 2.55 bits per heavy atom. The van der Waals surface area contributed by atoms with Crippen molar-refractivity contribution in [2.75, 3.05) is 6.61 Å². The van der Waals surface area contributed by atoms with Gasteiger partial charge in [0.05, 0.1) is 11.1 Å². The standard InChI is InChI=1S/C22H19BrClNO6/c1-2-29-18-12-14(7-10-21(28)31-25-19(26)8-9-20(25)27)11-16(23)22(18)30-13-15-5-3-4-6-17(15)24/h3-7,10-12H,2,8-9,13H2,1H3/b10-7+. The molecule has 9 heteroatoms. The fraction of sp³-hybridized carbons (Fsp3) is 0.227. The molecule has 7 nitrogen and oxygen atoms in total. The monoisotopic (exact) mass is 507 g/mol. The van der Waals surface area contributed by atoms with Crippen LogP contribution >= 0.6 is 27.5 Å². The van der Waals surface area contributed by atoms with Crippen LogP contribution in [-0.4, -0.2) is 29.5 Å². The van der Waals surface area contributed by atoms with Crippen molar-refractivity contribution in [3.63, 3.8) is 0 Å².